The highest BCUT2D eigenvalue weighted by atomic mass is 16.2. The van der Waals surface area contributed by atoms with Crippen LogP contribution < -0.4 is 10.6 Å². The van der Waals surface area contributed by atoms with Gasteiger partial charge in [0, 0.05) is 43.0 Å². The van der Waals surface area contributed by atoms with Crippen molar-refractivity contribution in [1.82, 2.24) is 25.3 Å². The fourth-order valence-corrected chi connectivity index (χ4v) is 4.04. The molecule has 3 rings (SSSR count). The molecule has 1 aromatic heterocycles. The summed E-state index contributed by atoms with van der Waals surface area (Å²) in [5.74, 6) is 0. The molecule has 1 saturated carbocycles. The van der Waals surface area contributed by atoms with E-state index in [0.29, 0.717) is 12.1 Å². The number of rotatable bonds is 5. The van der Waals surface area contributed by atoms with Crippen LogP contribution in [0.25, 0.3) is 0 Å². The maximum absolute atomic E-state index is 12.3. The Bertz CT molecular complexity index is 556. The summed E-state index contributed by atoms with van der Waals surface area (Å²) >= 11 is 0. The van der Waals surface area contributed by atoms with Crippen LogP contribution in [0.2, 0.25) is 0 Å². The lowest BCUT2D eigenvalue weighted by molar-refractivity contribution is 0.145. The van der Waals surface area contributed by atoms with Gasteiger partial charge in [0.05, 0.1) is 12.2 Å². The van der Waals surface area contributed by atoms with E-state index >= 15 is 0 Å². The predicted molar refractivity (Wildman–Crippen MR) is 99.5 cm³/mol. The van der Waals surface area contributed by atoms with E-state index in [1.54, 1.807) is 0 Å². The number of aromatic nitrogens is 2. The first-order chi connectivity index (χ1) is 12.0. The average Bonchev–Trinajstić information content (AvgIpc) is 3.27. The van der Waals surface area contributed by atoms with E-state index in [1.807, 2.05) is 24.0 Å². The van der Waals surface area contributed by atoms with Crippen LogP contribution in [0.15, 0.2) is 12.4 Å². The van der Waals surface area contributed by atoms with E-state index in [4.69, 9.17) is 0 Å². The lowest BCUT2D eigenvalue weighted by Gasteiger charge is -2.36. The highest BCUT2D eigenvalue weighted by molar-refractivity contribution is 5.74. The zero-order valence-corrected chi connectivity index (χ0v) is 15.9. The van der Waals surface area contributed by atoms with Gasteiger partial charge in [-0.2, -0.15) is 5.10 Å². The topological polar surface area (TPSA) is 62.2 Å². The molecule has 0 aromatic carbocycles. The van der Waals surface area contributed by atoms with E-state index in [-0.39, 0.29) is 12.1 Å². The minimum absolute atomic E-state index is 0.0360. The minimum Gasteiger partial charge on any atom is -0.335 e. The minimum atomic E-state index is -0.0656. The van der Waals surface area contributed by atoms with Crippen molar-refractivity contribution in [2.24, 2.45) is 0 Å². The van der Waals surface area contributed by atoms with Crippen molar-refractivity contribution in [3.63, 3.8) is 0 Å². The molecule has 2 amide bonds. The Balaban J connectivity index is 1.41. The van der Waals surface area contributed by atoms with Crippen LogP contribution >= 0.6 is 0 Å². The number of hydrogen-bond acceptors (Lipinski definition) is 3. The molecule has 6 heteroatoms. The van der Waals surface area contributed by atoms with Gasteiger partial charge in [-0.15, -0.1) is 0 Å². The largest absolute Gasteiger partial charge is 0.335 e. The summed E-state index contributed by atoms with van der Waals surface area (Å²) in [6.45, 7) is 8.43. The summed E-state index contributed by atoms with van der Waals surface area (Å²) in [6.07, 6.45) is 11.5. The molecule has 1 unspecified atom stereocenters. The number of hydrogen-bond donors (Lipinski definition) is 2. The molecule has 0 radical (unpaired) electrons. The molecule has 1 atom stereocenters. The Kier molecular flexibility index (Phi) is 5.99. The Morgan fingerprint density at radius 2 is 1.84 bits per heavy atom. The van der Waals surface area contributed by atoms with Gasteiger partial charge in [-0.25, -0.2) is 4.79 Å². The van der Waals surface area contributed by atoms with Gasteiger partial charge in [-0.1, -0.05) is 12.8 Å². The fraction of sp³-hybridized carbons (Fsp3) is 0.789. The molecule has 25 heavy (non-hydrogen) atoms. The summed E-state index contributed by atoms with van der Waals surface area (Å²) in [6, 6.07) is 1.32. The third kappa shape index (κ3) is 4.75. The van der Waals surface area contributed by atoms with Crippen molar-refractivity contribution in [1.29, 1.82) is 0 Å². The number of piperidine rings is 1. The van der Waals surface area contributed by atoms with Crippen LogP contribution in [-0.2, 0) is 0 Å². The van der Waals surface area contributed by atoms with Crippen LogP contribution in [-0.4, -0.2) is 45.9 Å². The van der Waals surface area contributed by atoms with Crippen LogP contribution in [0.3, 0.4) is 0 Å². The standard InChI is InChI=1S/C19H33N5O/c1-14(2)24-13-16(12-20-24)15(3)21-19(25)22-17-8-10-23(11-9-17)18-6-4-5-7-18/h12-15,17-18H,4-11H2,1-3H3,(H2,21,22,25). The molecule has 0 bridgehead atoms. The number of amides is 2. The SMILES string of the molecule is CC(NC(=O)NC1CCN(C2CCCC2)CC1)c1cnn(C(C)C)c1. The fourth-order valence-electron chi connectivity index (χ4n) is 4.04. The second-order valence-corrected chi connectivity index (χ2v) is 7.94. The maximum atomic E-state index is 12.3. The summed E-state index contributed by atoms with van der Waals surface area (Å²) in [7, 11) is 0. The van der Waals surface area contributed by atoms with Gasteiger partial charge < -0.3 is 15.5 Å². The summed E-state index contributed by atoms with van der Waals surface area (Å²) in [4.78, 5) is 14.9. The third-order valence-electron chi connectivity index (χ3n) is 5.70. The number of urea groups is 1. The monoisotopic (exact) mass is 347 g/mol. The molecule has 6 nitrogen and oxygen atoms in total. The summed E-state index contributed by atoms with van der Waals surface area (Å²) in [5.41, 5.74) is 1.04. The molecule has 2 heterocycles. The van der Waals surface area contributed by atoms with Crippen LogP contribution in [0.5, 0.6) is 0 Å². The Hall–Kier alpha value is -1.56. The Morgan fingerprint density at radius 3 is 2.44 bits per heavy atom. The van der Waals surface area contributed by atoms with Crippen molar-refractivity contribution in [3.8, 4) is 0 Å². The van der Waals surface area contributed by atoms with E-state index < -0.39 is 0 Å². The normalized spacial score (nSPS) is 21.6. The number of nitrogens with one attached hydrogen (secondary N) is 2. The molecule has 2 aliphatic rings. The molecule has 1 aromatic rings. The van der Waals surface area contributed by atoms with Gasteiger partial charge in [-0.3, -0.25) is 4.68 Å². The van der Waals surface area contributed by atoms with E-state index in [2.05, 4.69) is 34.5 Å². The van der Waals surface area contributed by atoms with Crippen molar-refractivity contribution < 1.29 is 4.79 Å². The highest BCUT2D eigenvalue weighted by Gasteiger charge is 2.27. The highest BCUT2D eigenvalue weighted by Crippen LogP contribution is 2.26. The first-order valence-corrected chi connectivity index (χ1v) is 9.88. The van der Waals surface area contributed by atoms with Gasteiger partial charge in [0.15, 0.2) is 0 Å². The molecule has 140 valence electrons. The quantitative estimate of drug-likeness (QED) is 0.859. The lowest BCUT2D eigenvalue weighted by Crippen LogP contribution is -2.49. The van der Waals surface area contributed by atoms with Gasteiger partial charge in [0.2, 0.25) is 0 Å². The first-order valence-electron chi connectivity index (χ1n) is 9.88. The first kappa shape index (κ1) is 18.2. The molecular formula is C19H33N5O. The molecular weight excluding hydrogens is 314 g/mol. The number of carbonyl (C=O) groups excluding carboxylic acids is 1. The number of carbonyl (C=O) groups is 1. The number of likely N-dealkylation sites (tertiary alicyclic amines) is 1. The van der Waals surface area contributed by atoms with Gasteiger partial charge in [0.25, 0.3) is 0 Å². The summed E-state index contributed by atoms with van der Waals surface area (Å²) < 4.78 is 1.92. The average molecular weight is 348 g/mol. The second-order valence-electron chi connectivity index (χ2n) is 7.94. The molecule has 2 N–H and O–H groups in total. The van der Waals surface area contributed by atoms with Gasteiger partial charge >= 0.3 is 6.03 Å². The van der Waals surface area contributed by atoms with Crippen molar-refractivity contribution >= 4 is 6.03 Å². The third-order valence-corrected chi connectivity index (χ3v) is 5.70. The predicted octanol–water partition coefficient (Wildman–Crippen LogP) is 3.23. The summed E-state index contributed by atoms with van der Waals surface area (Å²) in [5, 5.41) is 10.5. The molecule has 2 fully saturated rings. The van der Waals surface area contributed by atoms with Gasteiger partial charge in [0.1, 0.15) is 0 Å². The zero-order chi connectivity index (χ0) is 17.8. The molecule has 1 aliphatic carbocycles. The molecule has 1 aliphatic heterocycles. The van der Waals surface area contributed by atoms with Gasteiger partial charge in [-0.05, 0) is 46.5 Å². The van der Waals surface area contributed by atoms with E-state index in [9.17, 15) is 4.79 Å². The molecule has 1 saturated heterocycles. The van der Waals surface area contributed by atoms with E-state index in [0.717, 1.165) is 37.5 Å². The maximum Gasteiger partial charge on any atom is 0.315 e. The van der Waals surface area contributed by atoms with Crippen LogP contribution in [0.4, 0.5) is 4.79 Å². The second kappa shape index (κ2) is 8.21. The number of nitrogens with zero attached hydrogens (tertiary/aromatic N) is 3. The van der Waals surface area contributed by atoms with Crippen LogP contribution in [0, 0.1) is 0 Å². The smallest absolute Gasteiger partial charge is 0.315 e. The Labute approximate surface area is 151 Å². The Morgan fingerprint density at radius 1 is 1.16 bits per heavy atom. The van der Waals surface area contributed by atoms with Crippen molar-refractivity contribution in [3.05, 3.63) is 18.0 Å². The van der Waals surface area contributed by atoms with E-state index in [1.165, 1.54) is 25.7 Å². The van der Waals surface area contributed by atoms with Crippen molar-refractivity contribution in [2.45, 2.75) is 83.5 Å². The lowest BCUT2D eigenvalue weighted by atomic mass is 10.0. The van der Waals surface area contributed by atoms with Crippen LogP contribution in [0.1, 0.15) is 76.9 Å². The molecule has 0 spiro atoms. The van der Waals surface area contributed by atoms with Crippen molar-refractivity contribution in [2.75, 3.05) is 13.1 Å². The zero-order valence-electron chi connectivity index (χ0n) is 15.9.